The maximum Gasteiger partial charge on any atom is 0.511 e. The van der Waals surface area contributed by atoms with Gasteiger partial charge in [0.05, 0.1) is 10.8 Å². The summed E-state index contributed by atoms with van der Waals surface area (Å²) in [4.78, 5) is 22.7. The highest BCUT2D eigenvalue weighted by Crippen LogP contribution is 2.22. The Bertz CT molecular complexity index is 847. The zero-order valence-corrected chi connectivity index (χ0v) is 9.62. The fraction of sp³-hybridized carbons (Fsp3) is 0. The van der Waals surface area contributed by atoms with Crippen molar-refractivity contribution in [2.45, 2.75) is 0 Å². The summed E-state index contributed by atoms with van der Waals surface area (Å²) in [5.74, 6) is 0.0857. The van der Waals surface area contributed by atoms with Gasteiger partial charge >= 0.3 is 6.16 Å². The number of carbonyl (C=O) groups is 1. The Hall–Kier alpha value is -2.82. The molecule has 3 rings (SSSR count). The van der Waals surface area contributed by atoms with Crippen LogP contribution in [0, 0.1) is 0 Å². The van der Waals surface area contributed by atoms with Crippen LogP contribution in [-0.4, -0.2) is 11.3 Å². The van der Waals surface area contributed by atoms with E-state index in [0.29, 0.717) is 16.6 Å². The smallest absolute Gasteiger partial charge is 0.456 e. The Kier molecular flexibility index (Phi) is 2.45. The summed E-state index contributed by atoms with van der Waals surface area (Å²) in [6.07, 6.45) is -1.43. The van der Waals surface area contributed by atoms with Gasteiger partial charge in [-0.15, -0.1) is 0 Å². The van der Waals surface area contributed by atoms with Crippen molar-refractivity contribution in [3.8, 4) is 5.75 Å². The van der Waals surface area contributed by atoms with Crippen molar-refractivity contribution in [1.82, 2.24) is 0 Å². The van der Waals surface area contributed by atoms with Crippen molar-refractivity contribution >= 4 is 28.1 Å². The fourth-order valence-electron chi connectivity index (χ4n) is 1.95. The van der Waals surface area contributed by atoms with Crippen molar-refractivity contribution in [2.75, 3.05) is 0 Å². The summed E-state index contributed by atoms with van der Waals surface area (Å²) < 4.78 is 10.1. The molecule has 0 saturated heterocycles. The van der Waals surface area contributed by atoms with E-state index in [1.54, 1.807) is 24.3 Å². The number of rotatable bonds is 1. The van der Waals surface area contributed by atoms with Gasteiger partial charge in [0.1, 0.15) is 16.9 Å². The number of para-hydroxylation sites is 1. The van der Waals surface area contributed by atoms with Crippen LogP contribution in [0.1, 0.15) is 0 Å². The topological polar surface area (TPSA) is 76.7 Å². The van der Waals surface area contributed by atoms with E-state index in [-0.39, 0.29) is 16.6 Å². The van der Waals surface area contributed by atoms with Gasteiger partial charge in [0.2, 0.25) is 5.43 Å². The molecular weight excluding hydrogens is 248 g/mol. The number of carboxylic acid groups (broad SMARTS) is 1. The van der Waals surface area contributed by atoms with E-state index >= 15 is 0 Å². The van der Waals surface area contributed by atoms with Crippen LogP contribution in [-0.2, 0) is 0 Å². The summed E-state index contributed by atoms with van der Waals surface area (Å²) in [5.41, 5.74) is 0.668. The van der Waals surface area contributed by atoms with Crippen molar-refractivity contribution in [2.24, 2.45) is 0 Å². The molecule has 0 aliphatic rings. The predicted molar refractivity (Wildman–Crippen MR) is 68.6 cm³/mol. The van der Waals surface area contributed by atoms with Crippen LogP contribution in [0.5, 0.6) is 5.75 Å². The molecule has 0 amide bonds. The summed E-state index contributed by atoms with van der Waals surface area (Å²) in [5, 5.41) is 9.29. The minimum Gasteiger partial charge on any atom is -0.456 e. The van der Waals surface area contributed by atoms with Gasteiger partial charge in [0.15, 0.2) is 0 Å². The average molecular weight is 256 g/mol. The molecule has 1 aromatic heterocycles. The minimum absolute atomic E-state index is 0.0857. The van der Waals surface area contributed by atoms with Crippen LogP contribution in [0.25, 0.3) is 21.9 Å². The number of hydrogen-bond acceptors (Lipinski definition) is 4. The molecule has 2 aromatic carbocycles. The molecule has 3 aromatic rings. The van der Waals surface area contributed by atoms with E-state index in [2.05, 4.69) is 4.74 Å². The first-order chi connectivity index (χ1) is 9.15. The molecule has 5 nitrogen and oxygen atoms in total. The first kappa shape index (κ1) is 11.3. The zero-order valence-electron chi connectivity index (χ0n) is 9.62. The average Bonchev–Trinajstić information content (AvgIpc) is 2.39. The number of hydrogen-bond donors (Lipinski definition) is 1. The van der Waals surface area contributed by atoms with Gasteiger partial charge in [-0.1, -0.05) is 12.1 Å². The predicted octanol–water partition coefficient (Wildman–Crippen LogP) is 3.00. The molecule has 1 heterocycles. The summed E-state index contributed by atoms with van der Waals surface area (Å²) in [6.45, 7) is 0. The molecular formula is C14H8O5. The third-order valence-electron chi connectivity index (χ3n) is 2.75. The molecule has 0 radical (unpaired) electrons. The van der Waals surface area contributed by atoms with E-state index in [4.69, 9.17) is 9.52 Å². The normalized spacial score (nSPS) is 10.7. The molecule has 0 atom stereocenters. The molecule has 0 saturated carbocycles. The monoisotopic (exact) mass is 256 g/mol. The van der Waals surface area contributed by atoms with Crippen LogP contribution in [0.3, 0.4) is 0 Å². The third kappa shape index (κ3) is 1.91. The maximum absolute atomic E-state index is 12.3. The molecule has 1 N–H and O–H groups in total. The first-order valence-corrected chi connectivity index (χ1v) is 5.51. The summed E-state index contributed by atoms with van der Waals surface area (Å²) in [6, 6.07) is 11.2. The summed E-state index contributed by atoms with van der Waals surface area (Å²) in [7, 11) is 0. The van der Waals surface area contributed by atoms with Crippen molar-refractivity contribution < 1.29 is 19.1 Å². The lowest BCUT2D eigenvalue weighted by atomic mass is 10.1. The highest BCUT2D eigenvalue weighted by molar-refractivity contribution is 5.90. The molecule has 5 heteroatoms. The highest BCUT2D eigenvalue weighted by Gasteiger charge is 2.09. The van der Waals surface area contributed by atoms with E-state index in [1.807, 2.05) is 0 Å². The molecule has 0 aliphatic carbocycles. The molecule has 0 bridgehead atoms. The quantitative estimate of drug-likeness (QED) is 0.411. The second-order valence-electron chi connectivity index (χ2n) is 3.95. The molecule has 0 aliphatic heterocycles. The zero-order chi connectivity index (χ0) is 13.4. The molecule has 0 spiro atoms. The minimum atomic E-state index is -1.43. The van der Waals surface area contributed by atoms with Crippen LogP contribution in [0.4, 0.5) is 4.79 Å². The van der Waals surface area contributed by atoms with Crippen LogP contribution in [0.15, 0.2) is 51.7 Å². The molecule has 19 heavy (non-hydrogen) atoms. The van der Waals surface area contributed by atoms with Gasteiger partial charge in [-0.05, 0) is 30.3 Å². The van der Waals surface area contributed by atoms with Crippen LogP contribution < -0.4 is 10.2 Å². The Morgan fingerprint density at radius 1 is 1.05 bits per heavy atom. The van der Waals surface area contributed by atoms with E-state index in [0.717, 1.165) is 0 Å². The van der Waals surface area contributed by atoms with E-state index < -0.39 is 6.16 Å². The molecule has 0 unspecified atom stereocenters. The van der Waals surface area contributed by atoms with E-state index in [1.165, 1.54) is 18.2 Å². The number of fused-ring (bicyclic) bond motifs is 2. The van der Waals surface area contributed by atoms with Gasteiger partial charge < -0.3 is 14.3 Å². The Morgan fingerprint density at radius 2 is 1.79 bits per heavy atom. The SMILES string of the molecule is O=C(O)Oc1ccc2oc3ccccc3c(=O)c2c1. The maximum atomic E-state index is 12.3. The lowest BCUT2D eigenvalue weighted by molar-refractivity contribution is 0.144. The lowest BCUT2D eigenvalue weighted by Gasteiger charge is -2.03. The van der Waals surface area contributed by atoms with Gasteiger partial charge in [-0.3, -0.25) is 4.79 Å². The number of ether oxygens (including phenoxy) is 1. The third-order valence-corrected chi connectivity index (χ3v) is 2.75. The Morgan fingerprint density at radius 3 is 2.58 bits per heavy atom. The van der Waals surface area contributed by atoms with E-state index in [9.17, 15) is 9.59 Å². The van der Waals surface area contributed by atoms with Crippen molar-refractivity contribution in [1.29, 1.82) is 0 Å². The standard InChI is InChI=1S/C14H8O5/c15-13-9-3-1-2-4-11(9)19-12-6-5-8(7-10(12)13)18-14(16)17/h1-7H,(H,16,17). The molecule has 0 fully saturated rings. The second kappa shape index (κ2) is 4.13. The summed E-state index contributed by atoms with van der Waals surface area (Å²) >= 11 is 0. The Balaban J connectivity index is 2.33. The Labute approximate surface area is 106 Å². The van der Waals surface area contributed by atoms with Crippen molar-refractivity contribution in [3.05, 3.63) is 52.7 Å². The van der Waals surface area contributed by atoms with Gasteiger partial charge in [0, 0.05) is 0 Å². The fourth-order valence-corrected chi connectivity index (χ4v) is 1.95. The molecule has 94 valence electrons. The first-order valence-electron chi connectivity index (χ1n) is 5.51. The van der Waals surface area contributed by atoms with Gasteiger partial charge in [-0.25, -0.2) is 4.79 Å². The van der Waals surface area contributed by atoms with Crippen LogP contribution in [0.2, 0.25) is 0 Å². The van der Waals surface area contributed by atoms with Gasteiger partial charge in [0.25, 0.3) is 0 Å². The van der Waals surface area contributed by atoms with Crippen LogP contribution >= 0.6 is 0 Å². The largest absolute Gasteiger partial charge is 0.511 e. The lowest BCUT2D eigenvalue weighted by Crippen LogP contribution is -2.05. The number of benzene rings is 2. The highest BCUT2D eigenvalue weighted by atomic mass is 16.7. The second-order valence-corrected chi connectivity index (χ2v) is 3.95. The van der Waals surface area contributed by atoms with Crippen molar-refractivity contribution in [3.63, 3.8) is 0 Å². The van der Waals surface area contributed by atoms with Gasteiger partial charge in [-0.2, -0.15) is 0 Å².